The minimum atomic E-state index is 0.719. The van der Waals surface area contributed by atoms with Gasteiger partial charge in [0.1, 0.15) is 0 Å². The maximum Gasteiger partial charge on any atom is 0.0209 e. The van der Waals surface area contributed by atoms with Crippen LogP contribution >= 0.6 is 0 Å². The zero-order valence-corrected chi connectivity index (χ0v) is 7.20. The Hall–Kier alpha value is -0.160. The van der Waals surface area contributed by atoms with Crippen molar-refractivity contribution in [3.63, 3.8) is 0 Å². The van der Waals surface area contributed by atoms with Gasteiger partial charge in [-0.3, -0.25) is 0 Å². The summed E-state index contributed by atoms with van der Waals surface area (Å²) in [4.78, 5) is 0. The molecule has 0 unspecified atom stereocenters. The van der Waals surface area contributed by atoms with E-state index in [4.69, 9.17) is 10.4 Å². The average Bonchev–Trinajstić information content (AvgIpc) is 1.85. The van der Waals surface area contributed by atoms with E-state index in [0.29, 0.717) is 0 Å². The van der Waals surface area contributed by atoms with Gasteiger partial charge in [0.25, 0.3) is 0 Å². The maximum atomic E-state index is 8.50. The van der Waals surface area contributed by atoms with Crippen LogP contribution in [-0.4, -0.2) is 47.7 Å². The molecule has 0 aliphatic rings. The Labute approximate surface area is 62.6 Å². The van der Waals surface area contributed by atoms with Crippen molar-refractivity contribution in [1.29, 1.82) is 0 Å². The first-order valence-electron chi connectivity index (χ1n) is 3.34. The van der Waals surface area contributed by atoms with E-state index in [1.807, 2.05) is 13.8 Å². The number of hydroxylamine groups is 4. The van der Waals surface area contributed by atoms with Crippen molar-refractivity contribution in [2.45, 2.75) is 13.8 Å². The van der Waals surface area contributed by atoms with Gasteiger partial charge in [0.15, 0.2) is 0 Å². The van der Waals surface area contributed by atoms with E-state index in [0.717, 1.165) is 18.2 Å². The normalized spacial score (nSPS) is 9.60. The van der Waals surface area contributed by atoms with Crippen molar-refractivity contribution >= 4 is 0 Å². The molecule has 4 heteroatoms. The second kappa shape index (κ2) is 8.84. The Morgan fingerprint density at radius 3 is 1.20 bits per heavy atom. The molecule has 0 aliphatic carbocycles. The molecular formula is C6H18N2O2. The van der Waals surface area contributed by atoms with Crippen LogP contribution in [0.2, 0.25) is 0 Å². The van der Waals surface area contributed by atoms with Crippen LogP contribution in [0, 0.1) is 0 Å². The quantitative estimate of drug-likeness (QED) is 0.567. The first-order chi connectivity index (χ1) is 4.54. The zero-order valence-electron chi connectivity index (χ0n) is 7.20. The van der Waals surface area contributed by atoms with Crippen molar-refractivity contribution < 1.29 is 10.4 Å². The fourth-order valence-corrected chi connectivity index (χ4v) is 0.224. The molecule has 0 bridgehead atoms. The van der Waals surface area contributed by atoms with Crippen LogP contribution in [-0.2, 0) is 0 Å². The van der Waals surface area contributed by atoms with Gasteiger partial charge in [-0.05, 0) is 0 Å². The summed E-state index contributed by atoms with van der Waals surface area (Å²) in [5.41, 5.74) is 0. The first-order valence-corrected chi connectivity index (χ1v) is 3.34. The predicted octanol–water partition coefficient (Wildman–Crippen LogP) is 0.655. The molecule has 0 atom stereocenters. The molecule has 0 fully saturated rings. The van der Waals surface area contributed by atoms with Gasteiger partial charge in [0.05, 0.1) is 0 Å². The highest BCUT2D eigenvalue weighted by Gasteiger charge is 1.84. The molecule has 0 radical (unpaired) electrons. The van der Waals surface area contributed by atoms with Gasteiger partial charge < -0.3 is 10.4 Å². The van der Waals surface area contributed by atoms with E-state index in [2.05, 4.69) is 0 Å². The molecule has 0 saturated heterocycles. The van der Waals surface area contributed by atoms with Crippen molar-refractivity contribution in [2.75, 3.05) is 27.2 Å². The molecule has 0 aromatic rings. The summed E-state index contributed by atoms with van der Waals surface area (Å²) in [6, 6.07) is 0. The third-order valence-corrected chi connectivity index (χ3v) is 0.730. The fraction of sp³-hybridized carbons (Fsp3) is 1.00. The topological polar surface area (TPSA) is 46.9 Å². The summed E-state index contributed by atoms with van der Waals surface area (Å²) in [5.74, 6) is 0. The molecular weight excluding hydrogens is 132 g/mol. The number of hydrogen-bond acceptors (Lipinski definition) is 4. The Kier molecular flexibility index (Phi) is 11.1. The Morgan fingerprint density at radius 1 is 1.00 bits per heavy atom. The standard InChI is InChI=1S/C4H11NO.C2H7NO/c1-3-5(6)4-2;1-3(2)4/h6H,3-4H2,1-2H3;4H,1-2H3. The Bertz CT molecular complexity index is 53.0. The number of nitrogens with zero attached hydrogens (tertiary/aromatic N) is 2. The molecule has 0 amide bonds. The van der Waals surface area contributed by atoms with E-state index < -0.39 is 0 Å². The van der Waals surface area contributed by atoms with Crippen LogP contribution in [0.1, 0.15) is 13.8 Å². The number of hydrogen-bond donors (Lipinski definition) is 2. The lowest BCUT2D eigenvalue weighted by molar-refractivity contribution is -0.0813. The van der Waals surface area contributed by atoms with E-state index in [1.165, 1.54) is 5.06 Å². The van der Waals surface area contributed by atoms with Gasteiger partial charge in [0.2, 0.25) is 0 Å². The molecule has 0 aliphatic heterocycles. The maximum absolute atomic E-state index is 8.50. The van der Waals surface area contributed by atoms with Crippen LogP contribution < -0.4 is 0 Å². The van der Waals surface area contributed by atoms with Crippen LogP contribution in [0.25, 0.3) is 0 Å². The first kappa shape index (κ1) is 12.5. The van der Waals surface area contributed by atoms with Gasteiger partial charge in [-0.2, -0.15) is 10.1 Å². The van der Waals surface area contributed by atoms with E-state index in [1.54, 1.807) is 14.1 Å². The molecule has 0 spiro atoms. The molecule has 10 heavy (non-hydrogen) atoms. The third kappa shape index (κ3) is 24.9. The minimum absolute atomic E-state index is 0.719. The van der Waals surface area contributed by atoms with Crippen LogP contribution in [0.5, 0.6) is 0 Å². The fourth-order valence-electron chi connectivity index (χ4n) is 0.224. The lowest BCUT2D eigenvalue weighted by atomic mass is 10.6. The second-order valence-corrected chi connectivity index (χ2v) is 1.99. The third-order valence-electron chi connectivity index (χ3n) is 0.730. The van der Waals surface area contributed by atoms with Crippen molar-refractivity contribution in [3.8, 4) is 0 Å². The largest absolute Gasteiger partial charge is 0.315 e. The highest BCUT2D eigenvalue weighted by Crippen LogP contribution is 1.73. The predicted molar refractivity (Wildman–Crippen MR) is 40.2 cm³/mol. The van der Waals surface area contributed by atoms with E-state index in [-0.39, 0.29) is 0 Å². The summed E-state index contributed by atoms with van der Waals surface area (Å²) in [5, 5.41) is 18.6. The lowest BCUT2D eigenvalue weighted by Crippen LogP contribution is -2.16. The lowest BCUT2D eigenvalue weighted by Gasteiger charge is -2.05. The van der Waals surface area contributed by atoms with Crippen LogP contribution in [0.4, 0.5) is 0 Å². The zero-order chi connectivity index (χ0) is 8.57. The minimum Gasteiger partial charge on any atom is -0.315 e. The van der Waals surface area contributed by atoms with Crippen LogP contribution in [0.15, 0.2) is 0 Å². The SMILES string of the molecule is CCN(O)CC.CN(C)O. The van der Waals surface area contributed by atoms with Crippen molar-refractivity contribution in [3.05, 3.63) is 0 Å². The van der Waals surface area contributed by atoms with E-state index in [9.17, 15) is 0 Å². The summed E-state index contributed by atoms with van der Waals surface area (Å²) >= 11 is 0. The van der Waals surface area contributed by atoms with Crippen molar-refractivity contribution in [1.82, 2.24) is 10.1 Å². The smallest absolute Gasteiger partial charge is 0.0209 e. The van der Waals surface area contributed by atoms with Crippen molar-refractivity contribution in [2.24, 2.45) is 0 Å². The highest BCUT2D eigenvalue weighted by molar-refractivity contribution is 4.26. The molecule has 4 nitrogen and oxygen atoms in total. The molecule has 0 rings (SSSR count). The molecule has 0 aromatic heterocycles. The second-order valence-electron chi connectivity index (χ2n) is 1.99. The summed E-state index contributed by atoms with van der Waals surface area (Å²) in [6.07, 6.45) is 0. The molecule has 2 N–H and O–H groups in total. The molecule has 0 aromatic carbocycles. The highest BCUT2D eigenvalue weighted by atomic mass is 16.5. The van der Waals surface area contributed by atoms with Gasteiger partial charge in [-0.1, -0.05) is 13.8 Å². The molecule has 0 saturated carbocycles. The van der Waals surface area contributed by atoms with E-state index >= 15 is 0 Å². The summed E-state index contributed by atoms with van der Waals surface area (Å²) < 4.78 is 0. The summed E-state index contributed by atoms with van der Waals surface area (Å²) in [6.45, 7) is 5.25. The van der Waals surface area contributed by atoms with Crippen LogP contribution in [0.3, 0.4) is 0 Å². The molecule has 0 heterocycles. The Morgan fingerprint density at radius 2 is 1.20 bits per heavy atom. The van der Waals surface area contributed by atoms with Gasteiger partial charge >= 0.3 is 0 Å². The average molecular weight is 150 g/mol. The van der Waals surface area contributed by atoms with Gasteiger partial charge in [-0.15, -0.1) is 0 Å². The Balaban J connectivity index is 0. The monoisotopic (exact) mass is 150 g/mol. The number of rotatable bonds is 2. The van der Waals surface area contributed by atoms with Gasteiger partial charge in [0, 0.05) is 27.2 Å². The van der Waals surface area contributed by atoms with Gasteiger partial charge in [-0.25, -0.2) is 0 Å². The molecule has 64 valence electrons. The summed E-state index contributed by atoms with van der Waals surface area (Å²) in [7, 11) is 3.11.